The Labute approximate surface area is 174 Å². The van der Waals surface area contributed by atoms with Gasteiger partial charge < -0.3 is 19.9 Å². The third-order valence-electron chi connectivity index (χ3n) is 5.22. The van der Waals surface area contributed by atoms with Crippen LogP contribution in [0.4, 0.5) is 5.69 Å². The summed E-state index contributed by atoms with van der Waals surface area (Å²) in [7, 11) is 1.65. The highest BCUT2D eigenvalue weighted by molar-refractivity contribution is 5.95. The topological polar surface area (TPSA) is 90.6 Å². The Kier molecular flexibility index (Phi) is 5.67. The summed E-state index contributed by atoms with van der Waals surface area (Å²) in [4.78, 5) is 36.0. The summed E-state index contributed by atoms with van der Waals surface area (Å²) in [5.74, 6) is 1.59. The number of rotatable bonds is 5. The van der Waals surface area contributed by atoms with Gasteiger partial charge in [-0.1, -0.05) is 0 Å². The quantitative estimate of drug-likeness (QED) is 0.678. The highest BCUT2D eigenvalue weighted by Crippen LogP contribution is 2.20. The van der Waals surface area contributed by atoms with Gasteiger partial charge >= 0.3 is 0 Å². The van der Waals surface area contributed by atoms with E-state index < -0.39 is 0 Å². The van der Waals surface area contributed by atoms with Gasteiger partial charge in [-0.05, 0) is 36.4 Å². The monoisotopic (exact) mass is 407 g/mol. The Morgan fingerprint density at radius 3 is 2.50 bits per heavy atom. The Balaban J connectivity index is 1.33. The fourth-order valence-electron chi connectivity index (χ4n) is 3.65. The first-order chi connectivity index (χ1) is 14.5. The number of carbonyl (C=O) groups is 2. The van der Waals surface area contributed by atoms with E-state index in [2.05, 4.69) is 20.2 Å². The van der Waals surface area contributed by atoms with Crippen LogP contribution in [-0.4, -0.2) is 64.9 Å². The zero-order chi connectivity index (χ0) is 21.1. The van der Waals surface area contributed by atoms with Crippen molar-refractivity contribution in [3.63, 3.8) is 0 Å². The zero-order valence-corrected chi connectivity index (χ0v) is 17.1. The highest BCUT2D eigenvalue weighted by atomic mass is 16.5. The van der Waals surface area contributed by atoms with Crippen LogP contribution in [0.25, 0.3) is 11.0 Å². The van der Waals surface area contributed by atoms with Crippen LogP contribution in [0, 0.1) is 0 Å². The molecule has 0 aliphatic carbocycles. The van der Waals surface area contributed by atoms with E-state index in [1.54, 1.807) is 31.4 Å². The average Bonchev–Trinajstić information content (AvgIpc) is 3.15. The number of benzene rings is 2. The molecule has 2 aromatic carbocycles. The van der Waals surface area contributed by atoms with Crippen LogP contribution < -0.4 is 10.1 Å². The molecule has 2 heterocycles. The second kappa shape index (κ2) is 8.54. The molecular formula is C22H25N5O3. The van der Waals surface area contributed by atoms with Gasteiger partial charge in [-0.2, -0.15) is 0 Å². The van der Waals surface area contributed by atoms with E-state index >= 15 is 0 Å². The number of methoxy groups -OCH3 is 1. The molecule has 4 rings (SSSR count). The molecule has 3 aromatic rings. The van der Waals surface area contributed by atoms with Crippen molar-refractivity contribution < 1.29 is 14.3 Å². The van der Waals surface area contributed by atoms with Crippen molar-refractivity contribution in [1.82, 2.24) is 19.8 Å². The lowest BCUT2D eigenvalue weighted by molar-refractivity contribution is -0.114. The number of nitrogens with zero attached hydrogens (tertiary/aromatic N) is 3. The van der Waals surface area contributed by atoms with E-state index in [0.717, 1.165) is 35.7 Å². The van der Waals surface area contributed by atoms with Gasteiger partial charge in [-0.3, -0.25) is 14.5 Å². The van der Waals surface area contributed by atoms with Crippen molar-refractivity contribution in [2.24, 2.45) is 0 Å². The molecule has 0 radical (unpaired) electrons. The van der Waals surface area contributed by atoms with Crippen LogP contribution in [0.1, 0.15) is 23.1 Å². The number of aromatic nitrogens is 2. The second-order valence-corrected chi connectivity index (χ2v) is 7.39. The van der Waals surface area contributed by atoms with Gasteiger partial charge in [0.2, 0.25) is 5.91 Å². The van der Waals surface area contributed by atoms with E-state index in [1.807, 2.05) is 23.1 Å². The van der Waals surface area contributed by atoms with Gasteiger partial charge in [0.25, 0.3) is 5.91 Å². The van der Waals surface area contributed by atoms with Gasteiger partial charge in [0.15, 0.2) is 0 Å². The maximum absolute atomic E-state index is 12.8. The number of carbonyl (C=O) groups excluding carboxylic acids is 2. The summed E-state index contributed by atoms with van der Waals surface area (Å²) in [5.41, 5.74) is 3.19. The minimum absolute atomic E-state index is 0.0138. The first-order valence-corrected chi connectivity index (χ1v) is 9.94. The third-order valence-corrected chi connectivity index (χ3v) is 5.22. The maximum Gasteiger partial charge on any atom is 0.253 e. The smallest absolute Gasteiger partial charge is 0.253 e. The number of piperazine rings is 1. The molecular weight excluding hydrogens is 382 g/mol. The number of anilines is 1. The maximum atomic E-state index is 12.8. The number of imidazole rings is 1. The highest BCUT2D eigenvalue weighted by Gasteiger charge is 2.23. The molecule has 1 aliphatic heterocycles. The Morgan fingerprint density at radius 2 is 1.83 bits per heavy atom. The lowest BCUT2D eigenvalue weighted by atomic mass is 10.1. The number of amides is 2. The first-order valence-electron chi connectivity index (χ1n) is 9.94. The predicted octanol–water partition coefficient (Wildman–Crippen LogP) is 2.49. The zero-order valence-electron chi connectivity index (χ0n) is 17.1. The van der Waals surface area contributed by atoms with Crippen molar-refractivity contribution in [1.29, 1.82) is 0 Å². The predicted molar refractivity (Wildman–Crippen MR) is 115 cm³/mol. The molecule has 2 N–H and O–H groups in total. The van der Waals surface area contributed by atoms with Gasteiger partial charge in [0.1, 0.15) is 11.6 Å². The third kappa shape index (κ3) is 4.44. The molecule has 8 nitrogen and oxygen atoms in total. The van der Waals surface area contributed by atoms with E-state index in [1.165, 1.54) is 6.92 Å². The molecule has 1 aliphatic rings. The molecule has 0 saturated carbocycles. The van der Waals surface area contributed by atoms with Crippen LogP contribution in [-0.2, 0) is 11.3 Å². The van der Waals surface area contributed by atoms with Crippen molar-refractivity contribution in [2.75, 3.05) is 38.6 Å². The molecule has 30 heavy (non-hydrogen) atoms. The summed E-state index contributed by atoms with van der Waals surface area (Å²) in [6, 6.07) is 12.8. The summed E-state index contributed by atoms with van der Waals surface area (Å²) < 4.78 is 5.26. The fourth-order valence-corrected chi connectivity index (χ4v) is 3.65. The Hall–Kier alpha value is -3.39. The Bertz CT molecular complexity index is 1050. The van der Waals surface area contributed by atoms with Crippen LogP contribution in [0.2, 0.25) is 0 Å². The number of H-pyrrole nitrogens is 1. The lowest BCUT2D eigenvalue weighted by Crippen LogP contribution is -2.48. The minimum Gasteiger partial charge on any atom is -0.497 e. The number of hydrogen-bond donors (Lipinski definition) is 2. The molecule has 1 saturated heterocycles. The lowest BCUT2D eigenvalue weighted by Gasteiger charge is -2.34. The SMILES string of the molecule is COc1ccc2nc(CN3CCN(C(=O)c4ccc(NC(C)=O)cc4)CC3)[nH]c2c1. The number of nitrogens with one attached hydrogen (secondary N) is 2. The van der Waals surface area contributed by atoms with Crippen molar-refractivity contribution in [2.45, 2.75) is 13.5 Å². The van der Waals surface area contributed by atoms with E-state index in [9.17, 15) is 9.59 Å². The van der Waals surface area contributed by atoms with Crippen LogP contribution >= 0.6 is 0 Å². The molecule has 2 amide bonds. The van der Waals surface area contributed by atoms with Gasteiger partial charge in [0, 0.05) is 50.4 Å². The number of hydrogen-bond acceptors (Lipinski definition) is 5. The molecule has 0 unspecified atom stereocenters. The summed E-state index contributed by atoms with van der Waals surface area (Å²) >= 11 is 0. The van der Waals surface area contributed by atoms with E-state index in [4.69, 9.17) is 4.74 Å². The van der Waals surface area contributed by atoms with E-state index in [-0.39, 0.29) is 11.8 Å². The second-order valence-electron chi connectivity index (χ2n) is 7.39. The molecule has 1 fully saturated rings. The Morgan fingerprint density at radius 1 is 1.10 bits per heavy atom. The normalized spacial score (nSPS) is 14.7. The van der Waals surface area contributed by atoms with E-state index in [0.29, 0.717) is 30.9 Å². The average molecular weight is 407 g/mol. The van der Waals surface area contributed by atoms with Gasteiger partial charge in [-0.25, -0.2) is 4.98 Å². The molecule has 0 bridgehead atoms. The number of ether oxygens (including phenoxy) is 1. The number of aromatic amines is 1. The first kappa shape index (κ1) is 19.9. The van der Waals surface area contributed by atoms with Crippen LogP contribution in [0.15, 0.2) is 42.5 Å². The largest absolute Gasteiger partial charge is 0.497 e. The number of fused-ring (bicyclic) bond motifs is 1. The minimum atomic E-state index is -0.131. The van der Waals surface area contributed by atoms with Crippen molar-refractivity contribution in [3.8, 4) is 5.75 Å². The fraction of sp³-hybridized carbons (Fsp3) is 0.318. The van der Waals surface area contributed by atoms with Crippen LogP contribution in [0.5, 0.6) is 5.75 Å². The van der Waals surface area contributed by atoms with Crippen molar-refractivity contribution >= 4 is 28.5 Å². The standard InChI is InChI=1S/C22H25N5O3/c1-15(28)23-17-5-3-16(4-6-17)22(29)27-11-9-26(10-12-27)14-21-24-19-8-7-18(30-2)13-20(19)25-21/h3-8,13H,9-12,14H2,1-2H3,(H,23,28)(H,24,25). The van der Waals surface area contributed by atoms with Crippen molar-refractivity contribution in [3.05, 3.63) is 53.9 Å². The molecule has 0 spiro atoms. The van der Waals surface area contributed by atoms with Gasteiger partial charge in [0.05, 0.1) is 24.7 Å². The van der Waals surface area contributed by atoms with Gasteiger partial charge in [-0.15, -0.1) is 0 Å². The summed E-state index contributed by atoms with van der Waals surface area (Å²) in [6.45, 7) is 5.08. The molecule has 8 heteroatoms. The molecule has 0 atom stereocenters. The summed E-state index contributed by atoms with van der Waals surface area (Å²) in [6.07, 6.45) is 0. The molecule has 156 valence electrons. The summed E-state index contributed by atoms with van der Waals surface area (Å²) in [5, 5.41) is 2.71. The molecule has 1 aromatic heterocycles. The van der Waals surface area contributed by atoms with Crippen LogP contribution in [0.3, 0.4) is 0 Å².